The second-order valence-corrected chi connectivity index (χ2v) is 7.76. The van der Waals surface area contributed by atoms with Crippen LogP contribution in [0.4, 0.5) is 17.6 Å². The molecule has 1 heterocycles. The predicted octanol–water partition coefficient (Wildman–Crippen LogP) is 5.30. The van der Waals surface area contributed by atoms with Crippen LogP contribution in [0.1, 0.15) is 46.5 Å². The lowest BCUT2D eigenvalue weighted by Gasteiger charge is -2.26. The lowest BCUT2D eigenvalue weighted by molar-refractivity contribution is -0.137. The Morgan fingerprint density at radius 1 is 1.03 bits per heavy atom. The maximum absolute atomic E-state index is 13.9. The number of benzene rings is 2. The number of carbonyl (C=O) groups excluding carboxylic acids is 1. The first-order valence-electron chi connectivity index (χ1n) is 10.5. The first-order valence-corrected chi connectivity index (χ1v) is 10.5. The standard InChI is InChI=1S/C25H25F4N3O/c1-16-14-18(8-12-21(16)26)22(13-11-20-10-9-19(15-31-20)25(27,28)29)32-23(24(33)30-2)17-6-4-3-5-7-17/h3-10,12,14-15,22-23,32H,11,13H2,1-2H3,(H,30,33)/t22-,23-/m1/s1. The van der Waals surface area contributed by atoms with Gasteiger partial charge < -0.3 is 5.32 Å². The van der Waals surface area contributed by atoms with Crippen LogP contribution < -0.4 is 10.6 Å². The Kier molecular flexibility index (Phi) is 7.81. The number of carbonyl (C=O) groups is 1. The van der Waals surface area contributed by atoms with Crippen LogP contribution in [0, 0.1) is 12.7 Å². The van der Waals surface area contributed by atoms with Gasteiger partial charge in [0.25, 0.3) is 0 Å². The summed E-state index contributed by atoms with van der Waals surface area (Å²) in [7, 11) is 1.54. The number of amides is 1. The van der Waals surface area contributed by atoms with E-state index in [1.165, 1.54) is 12.1 Å². The van der Waals surface area contributed by atoms with Gasteiger partial charge in [-0.1, -0.05) is 42.5 Å². The van der Waals surface area contributed by atoms with Gasteiger partial charge in [-0.2, -0.15) is 13.2 Å². The molecule has 3 rings (SSSR count). The molecular weight excluding hydrogens is 434 g/mol. The fraction of sp³-hybridized carbons (Fsp3) is 0.280. The minimum atomic E-state index is -4.45. The first-order chi connectivity index (χ1) is 15.7. The number of likely N-dealkylation sites (N-methyl/N-ethyl adjacent to an activating group) is 1. The zero-order chi connectivity index (χ0) is 24.0. The summed E-state index contributed by atoms with van der Waals surface area (Å²) in [6.45, 7) is 1.65. The van der Waals surface area contributed by atoms with Gasteiger partial charge >= 0.3 is 6.18 Å². The number of aryl methyl sites for hydroxylation is 2. The summed E-state index contributed by atoms with van der Waals surface area (Å²) < 4.78 is 52.3. The summed E-state index contributed by atoms with van der Waals surface area (Å²) in [6, 6.07) is 15.2. The second kappa shape index (κ2) is 10.6. The summed E-state index contributed by atoms with van der Waals surface area (Å²) in [5.74, 6) is -0.578. The van der Waals surface area contributed by atoms with E-state index >= 15 is 0 Å². The van der Waals surface area contributed by atoms with Crippen molar-refractivity contribution in [1.82, 2.24) is 15.6 Å². The molecule has 1 aromatic heterocycles. The molecule has 8 heteroatoms. The van der Waals surface area contributed by atoms with Gasteiger partial charge in [0, 0.05) is 25.0 Å². The van der Waals surface area contributed by atoms with Gasteiger partial charge in [-0.15, -0.1) is 0 Å². The van der Waals surface area contributed by atoms with Gasteiger partial charge in [0.05, 0.1) is 5.56 Å². The molecule has 0 saturated heterocycles. The van der Waals surface area contributed by atoms with Crippen LogP contribution in [0.3, 0.4) is 0 Å². The molecule has 0 bridgehead atoms. The molecule has 0 spiro atoms. The smallest absolute Gasteiger partial charge is 0.358 e. The molecule has 0 fully saturated rings. The van der Waals surface area contributed by atoms with E-state index in [1.807, 2.05) is 30.3 Å². The third kappa shape index (κ3) is 6.38. The van der Waals surface area contributed by atoms with E-state index in [9.17, 15) is 22.4 Å². The van der Waals surface area contributed by atoms with Crippen molar-refractivity contribution in [3.05, 3.63) is 101 Å². The van der Waals surface area contributed by atoms with Gasteiger partial charge in [0.1, 0.15) is 11.9 Å². The third-order valence-corrected chi connectivity index (χ3v) is 5.43. The Bertz CT molecular complexity index is 1070. The van der Waals surface area contributed by atoms with Crippen molar-refractivity contribution in [3.8, 4) is 0 Å². The van der Waals surface area contributed by atoms with Crippen molar-refractivity contribution in [1.29, 1.82) is 0 Å². The molecule has 0 aliphatic rings. The average Bonchev–Trinajstić information content (AvgIpc) is 2.81. The third-order valence-electron chi connectivity index (χ3n) is 5.43. The molecular formula is C25H25F4N3O. The maximum atomic E-state index is 13.9. The Morgan fingerprint density at radius 2 is 1.76 bits per heavy atom. The van der Waals surface area contributed by atoms with Crippen molar-refractivity contribution in [3.63, 3.8) is 0 Å². The Morgan fingerprint density at radius 3 is 2.33 bits per heavy atom. The topological polar surface area (TPSA) is 54.0 Å². The van der Waals surface area contributed by atoms with E-state index in [0.29, 0.717) is 24.1 Å². The Hall–Kier alpha value is -3.26. The highest BCUT2D eigenvalue weighted by Gasteiger charge is 2.30. The minimum Gasteiger partial charge on any atom is -0.358 e. The largest absolute Gasteiger partial charge is 0.417 e. The fourth-order valence-electron chi connectivity index (χ4n) is 3.58. The zero-order valence-electron chi connectivity index (χ0n) is 18.3. The van der Waals surface area contributed by atoms with Crippen molar-refractivity contribution < 1.29 is 22.4 Å². The van der Waals surface area contributed by atoms with Crippen molar-refractivity contribution in [2.24, 2.45) is 0 Å². The quantitative estimate of drug-likeness (QED) is 0.450. The van der Waals surface area contributed by atoms with Gasteiger partial charge in [-0.05, 0) is 54.7 Å². The van der Waals surface area contributed by atoms with Crippen molar-refractivity contribution >= 4 is 5.91 Å². The molecule has 0 radical (unpaired) electrons. The summed E-state index contributed by atoms with van der Waals surface area (Å²) in [5.41, 5.74) is 1.67. The first kappa shape index (κ1) is 24.4. The van der Waals surface area contributed by atoms with Crippen LogP contribution in [0.2, 0.25) is 0 Å². The average molecular weight is 459 g/mol. The highest BCUT2D eigenvalue weighted by atomic mass is 19.4. The summed E-state index contributed by atoms with van der Waals surface area (Å²) in [6.07, 6.45) is -2.83. The normalized spacial score (nSPS) is 13.4. The van der Waals surface area contributed by atoms with Crippen LogP contribution in [-0.4, -0.2) is 17.9 Å². The van der Waals surface area contributed by atoms with Crippen molar-refractivity contribution in [2.75, 3.05) is 7.05 Å². The molecule has 0 aliphatic carbocycles. The fourth-order valence-corrected chi connectivity index (χ4v) is 3.58. The van der Waals surface area contributed by atoms with Crippen LogP contribution in [0.15, 0.2) is 66.9 Å². The van der Waals surface area contributed by atoms with E-state index in [-0.39, 0.29) is 17.8 Å². The lowest BCUT2D eigenvalue weighted by atomic mass is 9.96. The number of rotatable bonds is 8. The van der Waals surface area contributed by atoms with Crippen LogP contribution >= 0.6 is 0 Å². The van der Waals surface area contributed by atoms with Crippen LogP contribution in [0.25, 0.3) is 0 Å². The zero-order valence-corrected chi connectivity index (χ0v) is 18.3. The van der Waals surface area contributed by atoms with E-state index in [4.69, 9.17) is 0 Å². The number of hydrogen-bond acceptors (Lipinski definition) is 3. The highest BCUT2D eigenvalue weighted by Crippen LogP contribution is 2.29. The molecule has 2 aromatic carbocycles. The molecule has 0 saturated carbocycles. The molecule has 174 valence electrons. The molecule has 0 aliphatic heterocycles. The molecule has 3 aromatic rings. The summed E-state index contributed by atoms with van der Waals surface area (Å²) in [5, 5.41) is 6.00. The van der Waals surface area contributed by atoms with Crippen LogP contribution in [-0.2, 0) is 17.4 Å². The van der Waals surface area contributed by atoms with E-state index in [0.717, 1.165) is 23.4 Å². The Balaban J connectivity index is 1.87. The molecule has 2 atom stereocenters. The second-order valence-electron chi connectivity index (χ2n) is 7.76. The lowest BCUT2D eigenvalue weighted by Crippen LogP contribution is -2.38. The monoisotopic (exact) mass is 459 g/mol. The van der Waals surface area contributed by atoms with Crippen molar-refractivity contribution in [2.45, 2.75) is 38.0 Å². The maximum Gasteiger partial charge on any atom is 0.417 e. The van der Waals surface area contributed by atoms with E-state index in [1.54, 1.807) is 26.1 Å². The Labute approximate surface area is 190 Å². The summed E-state index contributed by atoms with van der Waals surface area (Å²) >= 11 is 0. The number of aromatic nitrogens is 1. The molecule has 0 unspecified atom stereocenters. The molecule has 2 N–H and O–H groups in total. The van der Waals surface area contributed by atoms with E-state index < -0.39 is 17.8 Å². The number of halogens is 4. The number of nitrogens with zero attached hydrogens (tertiary/aromatic N) is 1. The predicted molar refractivity (Wildman–Crippen MR) is 118 cm³/mol. The highest BCUT2D eigenvalue weighted by molar-refractivity contribution is 5.83. The number of alkyl halides is 3. The van der Waals surface area contributed by atoms with E-state index in [2.05, 4.69) is 15.6 Å². The summed E-state index contributed by atoms with van der Waals surface area (Å²) in [4.78, 5) is 16.6. The SMILES string of the molecule is CNC(=O)[C@H](N[C@H](CCc1ccc(C(F)(F)F)cn1)c1ccc(F)c(C)c1)c1ccccc1. The number of hydrogen-bond donors (Lipinski definition) is 2. The van der Waals surface area contributed by atoms with Gasteiger partial charge in [-0.3, -0.25) is 15.1 Å². The number of pyridine rings is 1. The minimum absolute atomic E-state index is 0.238. The van der Waals surface area contributed by atoms with Gasteiger partial charge in [-0.25, -0.2) is 4.39 Å². The van der Waals surface area contributed by atoms with Crippen LogP contribution in [0.5, 0.6) is 0 Å². The van der Waals surface area contributed by atoms with Gasteiger partial charge in [0.15, 0.2) is 0 Å². The van der Waals surface area contributed by atoms with Gasteiger partial charge in [0.2, 0.25) is 5.91 Å². The molecule has 33 heavy (non-hydrogen) atoms. The molecule has 1 amide bonds. The molecule has 4 nitrogen and oxygen atoms in total. The number of nitrogens with one attached hydrogen (secondary N) is 2.